The van der Waals surface area contributed by atoms with Crippen LogP contribution in [0.4, 0.5) is 14.5 Å². The van der Waals surface area contributed by atoms with Crippen LogP contribution < -0.4 is 16.0 Å². The van der Waals surface area contributed by atoms with E-state index < -0.39 is 24.9 Å². The minimum Gasteiger partial charge on any atom is -0.346 e. The normalized spacial score (nSPS) is 14.7. The van der Waals surface area contributed by atoms with Gasteiger partial charge in [-0.05, 0) is 24.6 Å². The zero-order valence-electron chi connectivity index (χ0n) is 11.9. The Labute approximate surface area is 133 Å². The lowest BCUT2D eigenvalue weighted by atomic mass is 10.1. The van der Waals surface area contributed by atoms with Gasteiger partial charge in [0.05, 0.1) is 13.1 Å². The Bertz CT molecular complexity index is 555. The lowest BCUT2D eigenvalue weighted by molar-refractivity contribution is -0.117. The number of alkyl halides is 2. The van der Waals surface area contributed by atoms with Crippen molar-refractivity contribution < 1.29 is 18.4 Å². The van der Waals surface area contributed by atoms with Crippen LogP contribution >= 0.6 is 12.4 Å². The highest BCUT2D eigenvalue weighted by molar-refractivity contribution is 5.99. The van der Waals surface area contributed by atoms with Crippen LogP contribution in [0, 0.1) is 0 Å². The van der Waals surface area contributed by atoms with E-state index in [1.54, 1.807) is 17.0 Å². The molecule has 1 aliphatic heterocycles. The summed E-state index contributed by atoms with van der Waals surface area (Å²) in [6.07, 6.45) is 1.26. The summed E-state index contributed by atoms with van der Waals surface area (Å²) in [5, 5.41) is 2.15. The van der Waals surface area contributed by atoms with Crippen molar-refractivity contribution in [2.75, 3.05) is 24.5 Å². The third kappa shape index (κ3) is 4.38. The molecule has 0 radical (unpaired) electrons. The molecular formula is C14H18ClF2N3O2. The van der Waals surface area contributed by atoms with Crippen LogP contribution in [-0.4, -0.2) is 37.4 Å². The lowest BCUT2D eigenvalue weighted by Gasteiger charge is -2.17. The molecule has 5 nitrogen and oxygen atoms in total. The number of carbonyl (C=O) groups excluding carboxylic acids is 2. The number of anilines is 1. The first-order chi connectivity index (χ1) is 9.93. The third-order valence-corrected chi connectivity index (χ3v) is 3.30. The van der Waals surface area contributed by atoms with Crippen LogP contribution in [0.15, 0.2) is 24.3 Å². The SMILES string of the molecule is Cl.NCC(F)(F)CNC(=O)c1cccc(N2CCCC2=O)c1. The van der Waals surface area contributed by atoms with E-state index in [0.29, 0.717) is 18.7 Å². The predicted molar refractivity (Wildman–Crippen MR) is 81.6 cm³/mol. The van der Waals surface area contributed by atoms with E-state index in [-0.39, 0.29) is 23.9 Å². The van der Waals surface area contributed by atoms with Crippen LogP contribution in [0.3, 0.4) is 0 Å². The first-order valence-corrected chi connectivity index (χ1v) is 6.69. The molecule has 8 heteroatoms. The minimum atomic E-state index is -3.13. The number of benzene rings is 1. The topological polar surface area (TPSA) is 75.4 Å². The minimum absolute atomic E-state index is 0. The van der Waals surface area contributed by atoms with Crippen molar-refractivity contribution in [3.8, 4) is 0 Å². The number of nitrogens with one attached hydrogen (secondary N) is 1. The summed E-state index contributed by atoms with van der Waals surface area (Å²) in [4.78, 5) is 25.1. The van der Waals surface area contributed by atoms with Gasteiger partial charge in [-0.1, -0.05) is 6.07 Å². The highest BCUT2D eigenvalue weighted by Gasteiger charge is 2.27. The average Bonchev–Trinajstić information content (AvgIpc) is 2.91. The molecule has 0 unspecified atom stereocenters. The Morgan fingerprint density at radius 1 is 1.41 bits per heavy atom. The summed E-state index contributed by atoms with van der Waals surface area (Å²) in [6.45, 7) is -1.03. The molecule has 0 saturated carbocycles. The third-order valence-electron chi connectivity index (χ3n) is 3.30. The molecule has 0 bridgehead atoms. The quantitative estimate of drug-likeness (QED) is 0.858. The van der Waals surface area contributed by atoms with Gasteiger partial charge in [0.2, 0.25) is 5.91 Å². The van der Waals surface area contributed by atoms with Crippen molar-refractivity contribution in [2.45, 2.75) is 18.8 Å². The molecule has 1 saturated heterocycles. The van der Waals surface area contributed by atoms with Gasteiger partial charge in [-0.15, -0.1) is 12.4 Å². The van der Waals surface area contributed by atoms with Crippen LogP contribution in [-0.2, 0) is 4.79 Å². The second-order valence-electron chi connectivity index (χ2n) is 4.94. The summed E-state index contributed by atoms with van der Waals surface area (Å²) in [7, 11) is 0. The maximum absolute atomic E-state index is 13.0. The van der Waals surface area contributed by atoms with Crippen LogP contribution in [0.2, 0.25) is 0 Å². The second-order valence-corrected chi connectivity index (χ2v) is 4.94. The monoisotopic (exact) mass is 333 g/mol. The molecule has 0 aromatic heterocycles. The van der Waals surface area contributed by atoms with Crippen LogP contribution in [0.5, 0.6) is 0 Å². The fourth-order valence-electron chi connectivity index (χ4n) is 2.12. The van der Waals surface area contributed by atoms with Crippen molar-refractivity contribution in [1.29, 1.82) is 0 Å². The zero-order valence-corrected chi connectivity index (χ0v) is 12.7. The molecule has 2 rings (SSSR count). The largest absolute Gasteiger partial charge is 0.346 e. The van der Waals surface area contributed by atoms with Gasteiger partial charge in [0.25, 0.3) is 11.8 Å². The van der Waals surface area contributed by atoms with E-state index in [1.807, 2.05) is 0 Å². The Hall–Kier alpha value is -1.73. The van der Waals surface area contributed by atoms with Crippen LogP contribution in [0.25, 0.3) is 0 Å². The van der Waals surface area contributed by atoms with Gasteiger partial charge in [-0.2, -0.15) is 0 Å². The Balaban J connectivity index is 0.00000242. The van der Waals surface area contributed by atoms with Crippen molar-refractivity contribution >= 4 is 29.9 Å². The molecule has 0 atom stereocenters. The summed E-state index contributed by atoms with van der Waals surface area (Å²) < 4.78 is 26.0. The van der Waals surface area contributed by atoms with Gasteiger partial charge in [0.15, 0.2) is 0 Å². The number of amides is 2. The number of nitrogens with two attached hydrogens (primary N) is 1. The Morgan fingerprint density at radius 3 is 2.73 bits per heavy atom. The van der Waals surface area contributed by atoms with Crippen molar-refractivity contribution in [3.63, 3.8) is 0 Å². The smallest absolute Gasteiger partial charge is 0.277 e. The molecule has 1 fully saturated rings. The molecule has 1 heterocycles. The molecule has 1 aromatic rings. The van der Waals surface area contributed by atoms with E-state index >= 15 is 0 Å². The molecule has 122 valence electrons. The summed E-state index contributed by atoms with van der Waals surface area (Å²) in [5.74, 6) is -3.74. The number of hydrogen-bond donors (Lipinski definition) is 2. The molecule has 3 N–H and O–H groups in total. The van der Waals surface area contributed by atoms with Crippen molar-refractivity contribution in [3.05, 3.63) is 29.8 Å². The highest BCUT2D eigenvalue weighted by atomic mass is 35.5. The number of carbonyl (C=O) groups is 2. The highest BCUT2D eigenvalue weighted by Crippen LogP contribution is 2.22. The first-order valence-electron chi connectivity index (χ1n) is 6.69. The van der Waals surface area contributed by atoms with Crippen molar-refractivity contribution in [1.82, 2.24) is 5.32 Å². The van der Waals surface area contributed by atoms with Gasteiger partial charge in [0, 0.05) is 24.2 Å². The summed E-state index contributed by atoms with van der Waals surface area (Å²) in [5.41, 5.74) is 5.75. The molecule has 0 spiro atoms. The van der Waals surface area contributed by atoms with Crippen molar-refractivity contribution in [2.24, 2.45) is 5.73 Å². The summed E-state index contributed by atoms with van der Waals surface area (Å²) >= 11 is 0. The maximum Gasteiger partial charge on any atom is 0.277 e. The molecule has 2 amide bonds. The number of halogens is 3. The van der Waals surface area contributed by atoms with E-state index in [4.69, 9.17) is 5.73 Å². The van der Waals surface area contributed by atoms with E-state index in [0.717, 1.165) is 6.42 Å². The van der Waals surface area contributed by atoms with Gasteiger partial charge < -0.3 is 16.0 Å². The first kappa shape index (κ1) is 18.3. The van der Waals surface area contributed by atoms with E-state index in [9.17, 15) is 18.4 Å². The fraction of sp³-hybridized carbons (Fsp3) is 0.429. The number of rotatable bonds is 5. The summed E-state index contributed by atoms with van der Waals surface area (Å²) in [6, 6.07) is 6.38. The molecule has 22 heavy (non-hydrogen) atoms. The lowest BCUT2D eigenvalue weighted by Crippen LogP contribution is -2.41. The molecule has 1 aromatic carbocycles. The van der Waals surface area contributed by atoms with E-state index in [2.05, 4.69) is 5.32 Å². The van der Waals surface area contributed by atoms with Gasteiger partial charge in [-0.3, -0.25) is 9.59 Å². The van der Waals surface area contributed by atoms with E-state index in [1.165, 1.54) is 12.1 Å². The van der Waals surface area contributed by atoms with Gasteiger partial charge in [-0.25, -0.2) is 8.78 Å². The van der Waals surface area contributed by atoms with Crippen LogP contribution in [0.1, 0.15) is 23.2 Å². The number of hydrogen-bond acceptors (Lipinski definition) is 3. The fourth-order valence-corrected chi connectivity index (χ4v) is 2.12. The Morgan fingerprint density at radius 2 is 2.14 bits per heavy atom. The molecular weight excluding hydrogens is 316 g/mol. The van der Waals surface area contributed by atoms with Gasteiger partial charge in [0.1, 0.15) is 0 Å². The second kappa shape index (κ2) is 7.51. The number of nitrogens with zero attached hydrogens (tertiary/aromatic N) is 1. The Kier molecular flexibility index (Phi) is 6.25. The van der Waals surface area contributed by atoms with Gasteiger partial charge >= 0.3 is 0 Å². The predicted octanol–water partition coefficient (Wildman–Crippen LogP) is 1.56. The zero-order chi connectivity index (χ0) is 15.5. The standard InChI is InChI=1S/C14H17F2N3O2.ClH/c15-14(16,8-17)9-18-13(21)10-3-1-4-11(7-10)19-6-2-5-12(19)20;/h1,3-4,7H,2,5-6,8-9,17H2,(H,18,21);1H. The molecule has 0 aliphatic carbocycles. The maximum atomic E-state index is 13.0. The average molecular weight is 334 g/mol. The molecule has 1 aliphatic rings.